The summed E-state index contributed by atoms with van der Waals surface area (Å²) in [6.45, 7) is 0.142. The molecule has 0 spiro atoms. The minimum absolute atomic E-state index is 0.0207. The van der Waals surface area contributed by atoms with Crippen LogP contribution in [0.1, 0.15) is 18.4 Å². The van der Waals surface area contributed by atoms with Crippen LogP contribution in [-0.4, -0.2) is 51.7 Å². The fraction of sp³-hybridized carbons (Fsp3) is 0.467. The molecule has 1 aromatic rings. The zero-order valence-electron chi connectivity index (χ0n) is 12.8. The normalized spacial score (nSPS) is 25.8. The molecule has 9 nitrogen and oxygen atoms in total. The first kappa shape index (κ1) is 16.2. The molecule has 0 saturated carbocycles. The summed E-state index contributed by atoms with van der Waals surface area (Å²) in [6.07, 6.45) is -0.475. The van der Waals surface area contributed by atoms with E-state index in [1.165, 1.54) is 29.2 Å². The molecule has 0 aromatic heterocycles. The lowest BCUT2D eigenvalue weighted by atomic mass is 9.95. The lowest BCUT2D eigenvalue weighted by molar-refractivity contribution is -0.384. The number of amides is 2. The Kier molecular flexibility index (Phi) is 4.34. The highest BCUT2D eigenvalue weighted by Gasteiger charge is 2.44. The van der Waals surface area contributed by atoms with Gasteiger partial charge in [0.2, 0.25) is 5.91 Å². The number of β-amino-alcohol motifs (C(OH)–C–C–N with tert-alkyl or cyclic N) is 1. The molecular weight excluding hydrogens is 318 g/mol. The van der Waals surface area contributed by atoms with Crippen LogP contribution in [0.15, 0.2) is 24.3 Å². The molecule has 2 amide bonds. The van der Waals surface area contributed by atoms with E-state index >= 15 is 0 Å². The number of benzene rings is 1. The molecule has 2 heterocycles. The van der Waals surface area contributed by atoms with Gasteiger partial charge in [0.05, 0.1) is 29.7 Å². The van der Waals surface area contributed by atoms with Crippen molar-refractivity contribution in [2.75, 3.05) is 6.54 Å². The van der Waals surface area contributed by atoms with Crippen molar-refractivity contribution < 1.29 is 24.4 Å². The van der Waals surface area contributed by atoms with Gasteiger partial charge in [0.15, 0.2) is 0 Å². The first-order chi connectivity index (χ1) is 11.4. The van der Waals surface area contributed by atoms with E-state index in [1.807, 2.05) is 0 Å². The number of aliphatic hydroxyl groups is 1. The topological polar surface area (TPSA) is 122 Å². The van der Waals surface area contributed by atoms with Crippen molar-refractivity contribution >= 4 is 17.7 Å². The number of hydrogen-bond acceptors (Lipinski definition) is 6. The maximum atomic E-state index is 12.2. The maximum Gasteiger partial charge on any atom is 0.410 e. The van der Waals surface area contributed by atoms with Crippen molar-refractivity contribution in [2.24, 2.45) is 0 Å². The first-order valence-corrected chi connectivity index (χ1v) is 7.58. The van der Waals surface area contributed by atoms with Gasteiger partial charge in [0.25, 0.3) is 5.69 Å². The van der Waals surface area contributed by atoms with Crippen LogP contribution in [-0.2, 0) is 16.1 Å². The SMILES string of the molecule is O=C1C[C@H]([C@@H]2C[C@@H](O)CN2C(=O)OCc2ccc([N+](=O)[O-])cc2)N1. The third kappa shape index (κ3) is 3.30. The van der Waals surface area contributed by atoms with E-state index in [1.54, 1.807) is 0 Å². The summed E-state index contributed by atoms with van der Waals surface area (Å²) in [5, 5.41) is 23.1. The minimum atomic E-state index is -0.639. The molecular formula is C15H17N3O6. The number of carbonyl (C=O) groups is 2. The Morgan fingerprint density at radius 2 is 2.08 bits per heavy atom. The number of nitro benzene ring substituents is 1. The number of carbonyl (C=O) groups excluding carboxylic acids is 2. The number of β-lactam (4-membered cyclic amide) rings is 1. The van der Waals surface area contributed by atoms with Crippen molar-refractivity contribution in [3.63, 3.8) is 0 Å². The van der Waals surface area contributed by atoms with E-state index in [0.717, 1.165) is 0 Å². The molecule has 0 unspecified atom stereocenters. The van der Waals surface area contributed by atoms with Gasteiger partial charge in [-0.2, -0.15) is 0 Å². The largest absolute Gasteiger partial charge is 0.445 e. The summed E-state index contributed by atoms with van der Waals surface area (Å²) < 4.78 is 5.23. The van der Waals surface area contributed by atoms with Crippen LogP contribution < -0.4 is 5.32 Å². The van der Waals surface area contributed by atoms with Gasteiger partial charge in [-0.05, 0) is 24.1 Å². The molecule has 0 aliphatic carbocycles. The highest BCUT2D eigenvalue weighted by atomic mass is 16.6. The average molecular weight is 335 g/mol. The van der Waals surface area contributed by atoms with Crippen molar-refractivity contribution in [3.05, 3.63) is 39.9 Å². The lowest BCUT2D eigenvalue weighted by Gasteiger charge is -2.36. The summed E-state index contributed by atoms with van der Waals surface area (Å²) in [5.41, 5.74) is 0.593. The molecule has 0 bridgehead atoms. The Morgan fingerprint density at radius 3 is 2.67 bits per heavy atom. The van der Waals surface area contributed by atoms with Gasteiger partial charge < -0.3 is 20.1 Å². The van der Waals surface area contributed by atoms with Crippen molar-refractivity contribution in [1.29, 1.82) is 0 Å². The summed E-state index contributed by atoms with van der Waals surface area (Å²) >= 11 is 0. The summed E-state index contributed by atoms with van der Waals surface area (Å²) in [4.78, 5) is 34.8. The summed E-state index contributed by atoms with van der Waals surface area (Å²) in [7, 11) is 0. The van der Waals surface area contributed by atoms with Crippen LogP contribution in [0, 0.1) is 10.1 Å². The van der Waals surface area contributed by atoms with E-state index in [-0.39, 0.29) is 36.8 Å². The molecule has 3 atom stereocenters. The number of likely N-dealkylation sites (tertiary alicyclic amines) is 1. The van der Waals surface area contributed by atoms with Crippen molar-refractivity contribution in [2.45, 2.75) is 37.6 Å². The molecule has 2 aliphatic heterocycles. The van der Waals surface area contributed by atoms with Crippen molar-refractivity contribution in [3.8, 4) is 0 Å². The molecule has 2 fully saturated rings. The molecule has 24 heavy (non-hydrogen) atoms. The number of hydrogen-bond donors (Lipinski definition) is 2. The third-order valence-corrected chi connectivity index (χ3v) is 4.28. The Morgan fingerprint density at radius 1 is 1.42 bits per heavy atom. The average Bonchev–Trinajstić information content (AvgIpc) is 2.91. The van der Waals surface area contributed by atoms with Crippen LogP contribution in [0.5, 0.6) is 0 Å². The zero-order chi connectivity index (χ0) is 17.3. The standard InChI is InChI=1S/C15H17N3O6/c19-11-5-13(12-6-14(20)16-12)17(7-11)15(21)24-8-9-1-3-10(4-2-9)18(22)23/h1-4,11-13,19H,5-8H2,(H,16,20)/t11-,12-,13+/m1/s1. The van der Waals surface area contributed by atoms with E-state index in [9.17, 15) is 24.8 Å². The first-order valence-electron chi connectivity index (χ1n) is 7.58. The molecule has 2 aliphatic rings. The number of aliphatic hydroxyl groups excluding tert-OH is 1. The minimum Gasteiger partial charge on any atom is -0.445 e. The fourth-order valence-corrected chi connectivity index (χ4v) is 2.99. The van der Waals surface area contributed by atoms with Crippen LogP contribution in [0.2, 0.25) is 0 Å². The molecule has 2 N–H and O–H groups in total. The Bertz CT molecular complexity index is 654. The van der Waals surface area contributed by atoms with Gasteiger partial charge in [-0.3, -0.25) is 14.9 Å². The van der Waals surface area contributed by atoms with E-state index in [4.69, 9.17) is 4.74 Å². The third-order valence-electron chi connectivity index (χ3n) is 4.28. The molecule has 128 valence electrons. The zero-order valence-corrected chi connectivity index (χ0v) is 12.8. The Labute approximate surface area is 137 Å². The number of nitrogens with zero attached hydrogens (tertiary/aromatic N) is 2. The summed E-state index contributed by atoms with van der Waals surface area (Å²) in [6, 6.07) is 5.30. The monoisotopic (exact) mass is 335 g/mol. The Balaban J connectivity index is 1.57. The predicted octanol–water partition coefficient (Wildman–Crippen LogP) is 0.555. The van der Waals surface area contributed by atoms with Gasteiger partial charge >= 0.3 is 6.09 Å². The van der Waals surface area contributed by atoms with E-state index in [0.29, 0.717) is 18.4 Å². The fourth-order valence-electron chi connectivity index (χ4n) is 2.99. The van der Waals surface area contributed by atoms with Crippen LogP contribution in [0.25, 0.3) is 0 Å². The molecule has 9 heteroatoms. The van der Waals surface area contributed by atoms with Gasteiger partial charge in [-0.1, -0.05) is 0 Å². The van der Waals surface area contributed by atoms with Crippen LogP contribution in [0.4, 0.5) is 10.5 Å². The van der Waals surface area contributed by atoms with E-state index < -0.39 is 17.1 Å². The highest BCUT2D eigenvalue weighted by molar-refractivity contribution is 5.83. The second kappa shape index (κ2) is 6.44. The number of rotatable bonds is 4. The number of non-ortho nitro benzene ring substituents is 1. The molecule has 2 saturated heterocycles. The van der Waals surface area contributed by atoms with Gasteiger partial charge in [-0.25, -0.2) is 4.79 Å². The van der Waals surface area contributed by atoms with E-state index in [2.05, 4.69) is 5.32 Å². The lowest BCUT2D eigenvalue weighted by Crippen LogP contribution is -2.59. The highest BCUT2D eigenvalue weighted by Crippen LogP contribution is 2.26. The van der Waals surface area contributed by atoms with Crippen LogP contribution >= 0.6 is 0 Å². The van der Waals surface area contributed by atoms with Gasteiger partial charge in [0, 0.05) is 18.6 Å². The Hall–Kier alpha value is -2.68. The maximum absolute atomic E-state index is 12.2. The van der Waals surface area contributed by atoms with Crippen molar-refractivity contribution in [1.82, 2.24) is 10.2 Å². The second-order valence-corrected chi connectivity index (χ2v) is 5.97. The second-order valence-electron chi connectivity index (χ2n) is 5.97. The number of nitrogens with one attached hydrogen (secondary N) is 1. The molecule has 3 rings (SSSR count). The molecule has 0 radical (unpaired) electrons. The predicted molar refractivity (Wildman–Crippen MR) is 80.9 cm³/mol. The van der Waals surface area contributed by atoms with Crippen LogP contribution in [0.3, 0.4) is 0 Å². The number of ether oxygens (including phenoxy) is 1. The quantitative estimate of drug-likeness (QED) is 0.471. The smallest absolute Gasteiger partial charge is 0.410 e. The van der Waals surface area contributed by atoms with Gasteiger partial charge in [0.1, 0.15) is 6.61 Å². The number of nitro groups is 1. The van der Waals surface area contributed by atoms with Gasteiger partial charge in [-0.15, -0.1) is 0 Å². The molecule has 1 aromatic carbocycles. The summed E-state index contributed by atoms with van der Waals surface area (Å²) in [5.74, 6) is -0.0689.